The molecule has 1 heterocycles. The molecule has 0 saturated heterocycles. The summed E-state index contributed by atoms with van der Waals surface area (Å²) in [4.78, 5) is 2.33. The number of para-hydroxylation sites is 2. The van der Waals surface area contributed by atoms with Gasteiger partial charge in [-0.05, 0) is 129 Å². The molecule has 0 N–H and O–H groups in total. The molecule has 2 nitrogen and oxygen atoms in total. The van der Waals surface area contributed by atoms with Crippen molar-refractivity contribution >= 4 is 44.6 Å². The van der Waals surface area contributed by atoms with E-state index in [1.54, 1.807) is 0 Å². The van der Waals surface area contributed by atoms with Crippen LogP contribution in [-0.4, -0.2) is 0 Å². The quantitative estimate of drug-likeness (QED) is 0.174. The summed E-state index contributed by atoms with van der Waals surface area (Å²) in [5, 5.41) is 2.30. The van der Waals surface area contributed by atoms with E-state index < -0.39 is 0 Å². The predicted molar refractivity (Wildman–Crippen MR) is 223 cm³/mol. The van der Waals surface area contributed by atoms with E-state index in [1.807, 2.05) is 12.1 Å². The largest absolute Gasteiger partial charge is 0.456 e. The minimum absolute atomic E-state index is 0.0490. The molecule has 0 atom stereocenters. The minimum Gasteiger partial charge on any atom is -0.456 e. The Labute approximate surface area is 311 Å². The molecule has 0 aliphatic heterocycles. The van der Waals surface area contributed by atoms with Crippen LogP contribution in [0.15, 0.2) is 180 Å². The standard InChI is InChI=1S/C51H39NO/c1-51(2)46-31-25-37(32-45(46)43-30-24-38(33-47(43)51)34-12-5-3-6-13-34)35-20-26-40(27-21-35)52(39-14-7-4-8-15-39)41-28-22-36(23-29-41)42-17-11-19-49-50(42)44-16-9-10-18-48(44)53-49/h4-5,7-33H,3,6H2,1-2H3. The molecule has 254 valence electrons. The molecule has 2 aliphatic rings. The number of furan rings is 1. The Morgan fingerprint density at radius 1 is 0.491 bits per heavy atom. The molecule has 0 fully saturated rings. The lowest BCUT2D eigenvalue weighted by Gasteiger charge is -2.26. The summed E-state index contributed by atoms with van der Waals surface area (Å²) in [6, 6.07) is 57.3. The number of allylic oxidation sites excluding steroid dienone is 4. The van der Waals surface area contributed by atoms with E-state index in [4.69, 9.17) is 4.42 Å². The first kappa shape index (κ1) is 31.4. The van der Waals surface area contributed by atoms with Gasteiger partial charge in [0, 0.05) is 33.2 Å². The van der Waals surface area contributed by atoms with Crippen LogP contribution in [0.3, 0.4) is 0 Å². The zero-order valence-corrected chi connectivity index (χ0v) is 30.0. The van der Waals surface area contributed by atoms with Gasteiger partial charge in [-0.3, -0.25) is 0 Å². The fraction of sp³-hybridized carbons (Fsp3) is 0.0980. The van der Waals surface area contributed by atoms with Crippen LogP contribution < -0.4 is 4.90 Å². The zero-order chi connectivity index (χ0) is 35.5. The van der Waals surface area contributed by atoms with E-state index in [2.05, 4.69) is 183 Å². The Kier molecular flexibility index (Phi) is 7.33. The normalized spacial score (nSPS) is 14.3. The summed E-state index contributed by atoms with van der Waals surface area (Å²) >= 11 is 0. The molecule has 7 aromatic carbocycles. The third kappa shape index (κ3) is 5.25. The lowest BCUT2D eigenvalue weighted by molar-refractivity contribution is 0.660. The first-order chi connectivity index (χ1) is 26.0. The van der Waals surface area contributed by atoms with Gasteiger partial charge in [0.15, 0.2) is 0 Å². The summed E-state index contributed by atoms with van der Waals surface area (Å²) in [7, 11) is 0. The number of fused-ring (bicyclic) bond motifs is 6. The number of anilines is 3. The average molecular weight is 682 g/mol. The molecule has 10 rings (SSSR count). The maximum atomic E-state index is 6.19. The van der Waals surface area contributed by atoms with Crippen molar-refractivity contribution in [1.29, 1.82) is 0 Å². The Bertz CT molecular complexity index is 2730. The molecular formula is C51H39NO. The molecule has 0 bridgehead atoms. The van der Waals surface area contributed by atoms with Gasteiger partial charge in [0.1, 0.15) is 11.2 Å². The van der Waals surface area contributed by atoms with E-state index >= 15 is 0 Å². The molecular weight excluding hydrogens is 643 g/mol. The third-order valence-corrected chi connectivity index (χ3v) is 11.3. The molecule has 0 saturated carbocycles. The van der Waals surface area contributed by atoms with Crippen LogP contribution in [-0.2, 0) is 5.41 Å². The summed E-state index contributed by atoms with van der Waals surface area (Å²) < 4.78 is 6.19. The van der Waals surface area contributed by atoms with E-state index in [1.165, 1.54) is 50.1 Å². The Morgan fingerprint density at radius 2 is 1.17 bits per heavy atom. The van der Waals surface area contributed by atoms with Crippen molar-refractivity contribution in [1.82, 2.24) is 0 Å². The first-order valence-electron chi connectivity index (χ1n) is 18.7. The lowest BCUT2D eigenvalue weighted by Crippen LogP contribution is -2.15. The second kappa shape index (κ2) is 12.4. The van der Waals surface area contributed by atoms with Crippen LogP contribution in [0.5, 0.6) is 0 Å². The zero-order valence-electron chi connectivity index (χ0n) is 30.0. The minimum atomic E-state index is -0.0490. The second-order valence-corrected chi connectivity index (χ2v) is 14.8. The van der Waals surface area contributed by atoms with Gasteiger partial charge in [-0.1, -0.05) is 129 Å². The topological polar surface area (TPSA) is 16.4 Å². The molecule has 1 aromatic heterocycles. The van der Waals surface area contributed by atoms with Gasteiger partial charge in [0.05, 0.1) is 0 Å². The van der Waals surface area contributed by atoms with Crippen LogP contribution in [0.25, 0.3) is 60.9 Å². The number of hydrogen-bond donors (Lipinski definition) is 0. The van der Waals surface area contributed by atoms with Gasteiger partial charge in [-0.2, -0.15) is 0 Å². The summed E-state index contributed by atoms with van der Waals surface area (Å²) in [6.07, 6.45) is 9.19. The van der Waals surface area contributed by atoms with Crippen molar-refractivity contribution in [3.05, 3.63) is 193 Å². The SMILES string of the molecule is CC1(C)c2ccc(-c3ccc(N(c4ccccc4)c4ccc(-c5cccc6oc7ccccc7c56)cc4)cc3)cc2-c2ccc(C3=CCCC=C3)cc21. The van der Waals surface area contributed by atoms with E-state index in [0.29, 0.717) is 0 Å². The molecule has 0 radical (unpaired) electrons. The molecule has 0 unspecified atom stereocenters. The highest BCUT2D eigenvalue weighted by Crippen LogP contribution is 2.50. The van der Waals surface area contributed by atoms with E-state index in [0.717, 1.165) is 57.4 Å². The Balaban J connectivity index is 0.988. The highest BCUT2D eigenvalue weighted by molar-refractivity contribution is 6.12. The van der Waals surface area contributed by atoms with Gasteiger partial charge < -0.3 is 9.32 Å². The fourth-order valence-corrected chi connectivity index (χ4v) is 8.57. The molecule has 0 spiro atoms. The summed E-state index contributed by atoms with van der Waals surface area (Å²) in [6.45, 7) is 4.73. The van der Waals surface area contributed by atoms with Crippen molar-refractivity contribution in [2.24, 2.45) is 0 Å². The third-order valence-electron chi connectivity index (χ3n) is 11.3. The smallest absolute Gasteiger partial charge is 0.136 e. The number of benzene rings is 7. The van der Waals surface area contributed by atoms with Crippen molar-refractivity contribution in [3.63, 3.8) is 0 Å². The van der Waals surface area contributed by atoms with Crippen molar-refractivity contribution in [2.75, 3.05) is 4.90 Å². The van der Waals surface area contributed by atoms with Crippen LogP contribution in [0.1, 0.15) is 43.4 Å². The highest BCUT2D eigenvalue weighted by Gasteiger charge is 2.35. The fourth-order valence-electron chi connectivity index (χ4n) is 8.57. The van der Waals surface area contributed by atoms with Crippen LogP contribution in [0.4, 0.5) is 17.1 Å². The van der Waals surface area contributed by atoms with E-state index in [9.17, 15) is 0 Å². The molecule has 53 heavy (non-hydrogen) atoms. The highest BCUT2D eigenvalue weighted by atomic mass is 16.3. The van der Waals surface area contributed by atoms with Gasteiger partial charge in [0.2, 0.25) is 0 Å². The Hall–Kier alpha value is -6.38. The number of rotatable bonds is 6. The summed E-state index contributed by atoms with van der Waals surface area (Å²) in [5.74, 6) is 0. The van der Waals surface area contributed by atoms with Gasteiger partial charge >= 0.3 is 0 Å². The van der Waals surface area contributed by atoms with Gasteiger partial charge in [-0.15, -0.1) is 0 Å². The second-order valence-electron chi connectivity index (χ2n) is 14.8. The van der Waals surface area contributed by atoms with Crippen molar-refractivity contribution < 1.29 is 4.42 Å². The first-order valence-corrected chi connectivity index (χ1v) is 18.7. The Morgan fingerprint density at radius 3 is 1.94 bits per heavy atom. The maximum absolute atomic E-state index is 6.19. The number of hydrogen-bond acceptors (Lipinski definition) is 2. The lowest BCUT2D eigenvalue weighted by atomic mass is 9.81. The monoisotopic (exact) mass is 681 g/mol. The summed E-state index contributed by atoms with van der Waals surface area (Å²) in [5.41, 5.74) is 18.1. The average Bonchev–Trinajstić information content (AvgIpc) is 3.71. The predicted octanol–water partition coefficient (Wildman–Crippen LogP) is 14.4. The molecule has 2 aliphatic carbocycles. The van der Waals surface area contributed by atoms with Gasteiger partial charge in [0.25, 0.3) is 0 Å². The van der Waals surface area contributed by atoms with Crippen molar-refractivity contribution in [3.8, 4) is 33.4 Å². The van der Waals surface area contributed by atoms with Crippen LogP contribution >= 0.6 is 0 Å². The van der Waals surface area contributed by atoms with Crippen LogP contribution in [0.2, 0.25) is 0 Å². The van der Waals surface area contributed by atoms with Gasteiger partial charge in [-0.25, -0.2) is 0 Å². The molecule has 2 heteroatoms. The maximum Gasteiger partial charge on any atom is 0.136 e. The molecule has 8 aromatic rings. The van der Waals surface area contributed by atoms with E-state index in [-0.39, 0.29) is 5.41 Å². The van der Waals surface area contributed by atoms with Crippen molar-refractivity contribution in [2.45, 2.75) is 32.1 Å². The molecule has 0 amide bonds. The number of nitrogens with zero attached hydrogens (tertiary/aromatic N) is 1. The van der Waals surface area contributed by atoms with Crippen LogP contribution in [0, 0.1) is 0 Å².